The molecule has 0 atom stereocenters. The Bertz CT molecular complexity index is 851. The van der Waals surface area contributed by atoms with Gasteiger partial charge in [-0.25, -0.2) is 9.69 Å². The lowest BCUT2D eigenvalue weighted by molar-refractivity contribution is 0.0857. The zero-order chi connectivity index (χ0) is 17.8. The summed E-state index contributed by atoms with van der Waals surface area (Å²) < 4.78 is 1.74. The number of hydrogen-bond acceptors (Lipinski definition) is 3. The standard InChI is InChI=1S/C20H22N4O/c1-4-15-10-12-16(13-11-15)19-18(20(25)22-23(2)3)14-24(21-19)17-8-6-5-7-9-17/h5-14H,4H2,1-3H3,(H,22,25). The molecule has 5 heteroatoms. The summed E-state index contributed by atoms with van der Waals surface area (Å²) in [6, 6.07) is 18.0. The predicted octanol–water partition coefficient (Wildman–Crippen LogP) is 3.31. The highest BCUT2D eigenvalue weighted by molar-refractivity contribution is 5.99. The van der Waals surface area contributed by atoms with Crippen LogP contribution in [0.3, 0.4) is 0 Å². The van der Waals surface area contributed by atoms with Gasteiger partial charge in [0.05, 0.1) is 11.3 Å². The van der Waals surface area contributed by atoms with Crippen molar-refractivity contribution in [1.82, 2.24) is 20.2 Å². The van der Waals surface area contributed by atoms with Crippen molar-refractivity contribution in [3.8, 4) is 16.9 Å². The molecule has 0 aliphatic carbocycles. The molecule has 0 unspecified atom stereocenters. The maximum atomic E-state index is 12.6. The van der Waals surface area contributed by atoms with E-state index in [1.54, 1.807) is 30.0 Å². The number of carbonyl (C=O) groups is 1. The van der Waals surface area contributed by atoms with Gasteiger partial charge in [-0.05, 0) is 24.1 Å². The number of hydrazine groups is 1. The van der Waals surface area contributed by atoms with Gasteiger partial charge in [-0.3, -0.25) is 10.2 Å². The summed E-state index contributed by atoms with van der Waals surface area (Å²) >= 11 is 0. The van der Waals surface area contributed by atoms with Crippen molar-refractivity contribution in [2.45, 2.75) is 13.3 Å². The summed E-state index contributed by atoms with van der Waals surface area (Å²) in [6.45, 7) is 2.12. The smallest absolute Gasteiger partial charge is 0.269 e. The van der Waals surface area contributed by atoms with Crippen LogP contribution in [0.25, 0.3) is 16.9 Å². The first-order valence-electron chi connectivity index (χ1n) is 8.31. The number of nitrogens with one attached hydrogen (secondary N) is 1. The topological polar surface area (TPSA) is 50.2 Å². The molecule has 0 aliphatic rings. The lowest BCUT2D eigenvalue weighted by Gasteiger charge is -2.11. The monoisotopic (exact) mass is 334 g/mol. The molecule has 1 amide bonds. The Kier molecular flexibility index (Phi) is 4.95. The van der Waals surface area contributed by atoms with E-state index in [2.05, 4.69) is 29.6 Å². The van der Waals surface area contributed by atoms with Gasteiger partial charge in [0.25, 0.3) is 5.91 Å². The summed E-state index contributed by atoms with van der Waals surface area (Å²) in [4.78, 5) is 12.6. The minimum atomic E-state index is -0.179. The summed E-state index contributed by atoms with van der Waals surface area (Å²) in [6.07, 6.45) is 2.75. The molecule has 0 fully saturated rings. The number of rotatable bonds is 5. The van der Waals surface area contributed by atoms with Crippen LogP contribution in [0, 0.1) is 0 Å². The van der Waals surface area contributed by atoms with Crippen LogP contribution in [0.1, 0.15) is 22.8 Å². The van der Waals surface area contributed by atoms with Crippen molar-refractivity contribution in [3.05, 3.63) is 71.9 Å². The van der Waals surface area contributed by atoms with E-state index in [1.807, 2.05) is 42.5 Å². The highest BCUT2D eigenvalue weighted by Gasteiger charge is 2.19. The van der Waals surface area contributed by atoms with Crippen molar-refractivity contribution in [1.29, 1.82) is 0 Å². The number of aryl methyl sites for hydroxylation is 1. The summed E-state index contributed by atoms with van der Waals surface area (Å²) in [5.41, 5.74) is 7.11. The minimum absolute atomic E-state index is 0.179. The van der Waals surface area contributed by atoms with Crippen molar-refractivity contribution in [2.24, 2.45) is 0 Å². The molecule has 0 saturated heterocycles. The minimum Gasteiger partial charge on any atom is -0.285 e. The summed E-state index contributed by atoms with van der Waals surface area (Å²) in [5, 5.41) is 6.30. The molecule has 25 heavy (non-hydrogen) atoms. The van der Waals surface area contributed by atoms with E-state index in [0.29, 0.717) is 11.3 Å². The molecule has 1 N–H and O–H groups in total. The molecule has 3 aromatic rings. The van der Waals surface area contributed by atoms with Gasteiger partial charge in [0.15, 0.2) is 0 Å². The zero-order valence-electron chi connectivity index (χ0n) is 14.7. The third-order valence-corrected chi connectivity index (χ3v) is 3.94. The van der Waals surface area contributed by atoms with Gasteiger partial charge in [-0.15, -0.1) is 0 Å². The van der Waals surface area contributed by atoms with Crippen molar-refractivity contribution in [3.63, 3.8) is 0 Å². The Morgan fingerprint density at radius 2 is 1.76 bits per heavy atom. The molecular formula is C20H22N4O. The second-order valence-corrected chi connectivity index (χ2v) is 6.06. The fourth-order valence-corrected chi connectivity index (χ4v) is 2.63. The van der Waals surface area contributed by atoms with Crippen LogP contribution in [0.4, 0.5) is 0 Å². The largest absolute Gasteiger partial charge is 0.285 e. The number of benzene rings is 2. The first-order valence-corrected chi connectivity index (χ1v) is 8.31. The maximum absolute atomic E-state index is 12.6. The first-order chi connectivity index (χ1) is 12.1. The van der Waals surface area contributed by atoms with E-state index in [1.165, 1.54) is 5.56 Å². The van der Waals surface area contributed by atoms with Crippen molar-refractivity contribution < 1.29 is 4.79 Å². The van der Waals surface area contributed by atoms with E-state index in [-0.39, 0.29) is 5.91 Å². The number of aromatic nitrogens is 2. The molecule has 0 bridgehead atoms. The highest BCUT2D eigenvalue weighted by Crippen LogP contribution is 2.24. The maximum Gasteiger partial charge on any atom is 0.269 e. The van der Waals surface area contributed by atoms with E-state index in [0.717, 1.165) is 17.7 Å². The number of carbonyl (C=O) groups excluding carboxylic acids is 1. The number of para-hydroxylation sites is 1. The predicted molar refractivity (Wildman–Crippen MR) is 99.5 cm³/mol. The third-order valence-electron chi connectivity index (χ3n) is 3.94. The van der Waals surface area contributed by atoms with E-state index in [9.17, 15) is 4.79 Å². The quantitative estimate of drug-likeness (QED) is 0.728. The molecule has 0 spiro atoms. The lowest BCUT2D eigenvalue weighted by atomic mass is 10.0. The molecule has 3 rings (SSSR count). The number of nitrogens with zero attached hydrogens (tertiary/aromatic N) is 3. The Balaban J connectivity index is 2.07. The number of amides is 1. The first kappa shape index (κ1) is 16.9. The van der Waals surface area contributed by atoms with E-state index < -0.39 is 0 Å². The third kappa shape index (κ3) is 3.78. The van der Waals surface area contributed by atoms with Crippen LogP contribution in [0.5, 0.6) is 0 Å². The average molecular weight is 334 g/mol. The van der Waals surface area contributed by atoms with Gasteiger partial charge in [0.2, 0.25) is 0 Å². The molecular weight excluding hydrogens is 312 g/mol. The van der Waals surface area contributed by atoms with Crippen molar-refractivity contribution in [2.75, 3.05) is 14.1 Å². The van der Waals surface area contributed by atoms with Crippen molar-refractivity contribution >= 4 is 5.91 Å². The van der Waals surface area contributed by atoms with Crippen LogP contribution < -0.4 is 5.43 Å². The molecule has 5 nitrogen and oxygen atoms in total. The SMILES string of the molecule is CCc1ccc(-c2nn(-c3ccccc3)cc2C(=O)NN(C)C)cc1. The lowest BCUT2D eigenvalue weighted by Crippen LogP contribution is -2.36. The normalized spacial score (nSPS) is 10.9. The Morgan fingerprint density at radius 1 is 1.08 bits per heavy atom. The van der Waals surface area contributed by atoms with E-state index in [4.69, 9.17) is 0 Å². The highest BCUT2D eigenvalue weighted by atomic mass is 16.2. The van der Waals surface area contributed by atoms with Crippen LogP contribution >= 0.6 is 0 Å². The molecule has 0 aliphatic heterocycles. The van der Waals surface area contributed by atoms with Crippen LogP contribution in [-0.4, -0.2) is 34.8 Å². The van der Waals surface area contributed by atoms with Gasteiger partial charge in [-0.1, -0.05) is 49.4 Å². The van der Waals surface area contributed by atoms with Crippen LogP contribution in [-0.2, 0) is 6.42 Å². The van der Waals surface area contributed by atoms with Gasteiger partial charge in [0.1, 0.15) is 5.69 Å². The Hall–Kier alpha value is -2.92. The van der Waals surface area contributed by atoms with Crippen LogP contribution in [0.15, 0.2) is 60.8 Å². The van der Waals surface area contributed by atoms with Gasteiger partial charge < -0.3 is 0 Å². The molecule has 128 valence electrons. The fraction of sp³-hybridized carbons (Fsp3) is 0.200. The number of hydrogen-bond donors (Lipinski definition) is 1. The Morgan fingerprint density at radius 3 is 2.36 bits per heavy atom. The summed E-state index contributed by atoms with van der Waals surface area (Å²) in [5.74, 6) is -0.179. The van der Waals surface area contributed by atoms with E-state index >= 15 is 0 Å². The Labute approximate surface area is 147 Å². The second-order valence-electron chi connectivity index (χ2n) is 6.06. The molecule has 2 aromatic carbocycles. The molecule has 1 aromatic heterocycles. The summed E-state index contributed by atoms with van der Waals surface area (Å²) in [7, 11) is 3.57. The van der Waals surface area contributed by atoms with Gasteiger partial charge in [-0.2, -0.15) is 5.10 Å². The second kappa shape index (κ2) is 7.32. The molecule has 1 heterocycles. The average Bonchev–Trinajstić information content (AvgIpc) is 3.07. The molecule has 0 radical (unpaired) electrons. The molecule has 0 saturated carbocycles. The fourth-order valence-electron chi connectivity index (χ4n) is 2.63. The van der Waals surface area contributed by atoms with Gasteiger partial charge >= 0.3 is 0 Å². The van der Waals surface area contributed by atoms with Crippen LogP contribution in [0.2, 0.25) is 0 Å². The zero-order valence-corrected chi connectivity index (χ0v) is 14.7. The van der Waals surface area contributed by atoms with Gasteiger partial charge in [0, 0.05) is 25.9 Å².